The standard InChI is InChI=1S/C12H13ClN2O4S/c13-11-5-4-9(8-10(11)12(16)17)20(18,19)15-7-3-1-2-6-14/h4-5,8,15H,1-3,7H2,(H,16,17). The minimum absolute atomic E-state index is 0.0227. The third-order valence-corrected chi connectivity index (χ3v) is 4.27. The summed E-state index contributed by atoms with van der Waals surface area (Å²) in [5.74, 6) is -1.29. The second-order valence-electron chi connectivity index (χ2n) is 3.96. The molecule has 0 aromatic heterocycles. The molecule has 0 atom stereocenters. The summed E-state index contributed by atoms with van der Waals surface area (Å²) >= 11 is 5.68. The van der Waals surface area contributed by atoms with E-state index in [1.54, 1.807) is 0 Å². The summed E-state index contributed by atoms with van der Waals surface area (Å²) < 4.78 is 26.2. The number of nitriles is 1. The Labute approximate surface area is 122 Å². The largest absolute Gasteiger partial charge is 0.478 e. The quantitative estimate of drug-likeness (QED) is 0.748. The molecule has 0 saturated heterocycles. The van der Waals surface area contributed by atoms with Crippen molar-refractivity contribution in [1.29, 1.82) is 5.26 Å². The van der Waals surface area contributed by atoms with E-state index in [1.165, 1.54) is 12.1 Å². The zero-order chi connectivity index (χ0) is 15.2. The highest BCUT2D eigenvalue weighted by atomic mass is 35.5. The summed E-state index contributed by atoms with van der Waals surface area (Å²) in [6.45, 7) is 0.190. The van der Waals surface area contributed by atoms with Gasteiger partial charge in [-0.05, 0) is 31.0 Å². The molecule has 1 rings (SSSR count). The molecular weight excluding hydrogens is 304 g/mol. The molecular formula is C12H13ClN2O4S. The van der Waals surface area contributed by atoms with Crippen LogP contribution in [-0.4, -0.2) is 26.0 Å². The van der Waals surface area contributed by atoms with Gasteiger partial charge in [-0.2, -0.15) is 5.26 Å². The Kier molecular flexibility index (Phi) is 5.95. The monoisotopic (exact) mass is 316 g/mol. The van der Waals surface area contributed by atoms with Crippen molar-refractivity contribution in [3.63, 3.8) is 0 Å². The van der Waals surface area contributed by atoms with Crippen molar-refractivity contribution in [2.45, 2.75) is 24.2 Å². The van der Waals surface area contributed by atoms with Gasteiger partial charge in [-0.1, -0.05) is 11.6 Å². The number of carboxylic acids is 1. The van der Waals surface area contributed by atoms with Crippen LogP contribution in [0, 0.1) is 11.3 Å². The van der Waals surface area contributed by atoms with Crippen molar-refractivity contribution in [2.75, 3.05) is 6.54 Å². The summed E-state index contributed by atoms with van der Waals surface area (Å²) in [4.78, 5) is 10.7. The molecule has 0 fully saturated rings. The van der Waals surface area contributed by atoms with E-state index in [1.807, 2.05) is 6.07 Å². The molecule has 0 spiro atoms. The minimum Gasteiger partial charge on any atom is -0.478 e. The van der Waals surface area contributed by atoms with Crippen LogP contribution in [0.3, 0.4) is 0 Å². The highest BCUT2D eigenvalue weighted by molar-refractivity contribution is 7.89. The van der Waals surface area contributed by atoms with Gasteiger partial charge in [0, 0.05) is 13.0 Å². The van der Waals surface area contributed by atoms with Gasteiger partial charge in [0.05, 0.1) is 21.6 Å². The van der Waals surface area contributed by atoms with Gasteiger partial charge < -0.3 is 5.11 Å². The van der Waals surface area contributed by atoms with Crippen LogP contribution in [0.1, 0.15) is 29.6 Å². The average Bonchev–Trinajstić information content (AvgIpc) is 2.38. The van der Waals surface area contributed by atoms with Gasteiger partial charge in [0.25, 0.3) is 0 Å². The van der Waals surface area contributed by atoms with Crippen molar-refractivity contribution in [3.05, 3.63) is 28.8 Å². The van der Waals surface area contributed by atoms with Crippen molar-refractivity contribution in [2.24, 2.45) is 0 Å². The second-order valence-corrected chi connectivity index (χ2v) is 6.13. The fourth-order valence-corrected chi connectivity index (χ4v) is 2.75. The Bertz CT molecular complexity index is 637. The first-order valence-corrected chi connectivity index (χ1v) is 7.64. The first kappa shape index (κ1) is 16.4. The van der Waals surface area contributed by atoms with Crippen LogP contribution >= 0.6 is 11.6 Å². The number of nitrogens with zero attached hydrogens (tertiary/aromatic N) is 1. The fraction of sp³-hybridized carbons (Fsp3) is 0.333. The van der Waals surface area contributed by atoms with Crippen LogP contribution in [0.4, 0.5) is 0 Å². The average molecular weight is 317 g/mol. The number of sulfonamides is 1. The topological polar surface area (TPSA) is 107 Å². The zero-order valence-corrected chi connectivity index (χ0v) is 12.0. The van der Waals surface area contributed by atoms with E-state index in [-0.39, 0.29) is 22.0 Å². The van der Waals surface area contributed by atoms with Crippen molar-refractivity contribution in [3.8, 4) is 6.07 Å². The second kappa shape index (κ2) is 7.24. The van der Waals surface area contributed by atoms with Crippen LogP contribution < -0.4 is 4.72 Å². The number of unbranched alkanes of at least 4 members (excludes halogenated alkanes) is 2. The van der Waals surface area contributed by atoms with Gasteiger partial charge >= 0.3 is 5.97 Å². The number of rotatable bonds is 7. The van der Waals surface area contributed by atoms with E-state index in [2.05, 4.69) is 4.72 Å². The van der Waals surface area contributed by atoms with Crippen LogP contribution in [0.2, 0.25) is 5.02 Å². The molecule has 2 N–H and O–H groups in total. The molecule has 0 aliphatic rings. The van der Waals surface area contributed by atoms with E-state index in [9.17, 15) is 13.2 Å². The number of benzene rings is 1. The Morgan fingerprint density at radius 1 is 1.40 bits per heavy atom. The Balaban J connectivity index is 2.80. The van der Waals surface area contributed by atoms with Crippen molar-refractivity contribution in [1.82, 2.24) is 4.72 Å². The molecule has 0 radical (unpaired) electrons. The molecule has 0 aliphatic carbocycles. The van der Waals surface area contributed by atoms with Crippen LogP contribution in [0.15, 0.2) is 23.1 Å². The van der Waals surface area contributed by atoms with Crippen LogP contribution in [0.25, 0.3) is 0 Å². The smallest absolute Gasteiger partial charge is 0.337 e. The summed E-state index contributed by atoms with van der Waals surface area (Å²) in [6, 6.07) is 5.46. The van der Waals surface area contributed by atoms with Gasteiger partial charge in [-0.25, -0.2) is 17.9 Å². The van der Waals surface area contributed by atoms with Gasteiger partial charge in [0.1, 0.15) is 0 Å². The van der Waals surface area contributed by atoms with Gasteiger partial charge in [-0.15, -0.1) is 0 Å². The van der Waals surface area contributed by atoms with Crippen LogP contribution in [0.5, 0.6) is 0 Å². The molecule has 108 valence electrons. The fourth-order valence-electron chi connectivity index (χ4n) is 1.45. The number of halogens is 1. The van der Waals surface area contributed by atoms with Gasteiger partial charge in [0.2, 0.25) is 10.0 Å². The minimum atomic E-state index is -3.78. The van der Waals surface area contributed by atoms with Gasteiger partial charge in [-0.3, -0.25) is 0 Å². The lowest BCUT2D eigenvalue weighted by atomic mass is 10.2. The van der Waals surface area contributed by atoms with E-state index in [4.69, 9.17) is 22.0 Å². The molecule has 8 heteroatoms. The third kappa shape index (κ3) is 4.49. The summed E-state index contributed by atoms with van der Waals surface area (Å²) in [5, 5.41) is 17.2. The van der Waals surface area contributed by atoms with Crippen LogP contribution in [-0.2, 0) is 10.0 Å². The van der Waals surface area contributed by atoms with Gasteiger partial charge in [0.15, 0.2) is 0 Å². The summed E-state index contributed by atoms with van der Waals surface area (Å²) in [6.07, 6.45) is 1.50. The molecule has 0 aliphatic heterocycles. The molecule has 1 aromatic rings. The summed E-state index contributed by atoms with van der Waals surface area (Å²) in [5.41, 5.74) is -0.265. The lowest BCUT2D eigenvalue weighted by Gasteiger charge is -2.07. The molecule has 0 amide bonds. The number of hydrogen-bond acceptors (Lipinski definition) is 4. The SMILES string of the molecule is N#CCCCCNS(=O)(=O)c1ccc(Cl)c(C(=O)O)c1. The number of nitrogens with one attached hydrogen (secondary N) is 1. The highest BCUT2D eigenvalue weighted by Gasteiger charge is 2.17. The Morgan fingerprint density at radius 2 is 2.10 bits per heavy atom. The number of hydrogen-bond donors (Lipinski definition) is 2. The molecule has 6 nitrogen and oxygen atoms in total. The number of carboxylic acid groups (broad SMARTS) is 1. The normalized spacial score (nSPS) is 11.0. The zero-order valence-electron chi connectivity index (χ0n) is 10.5. The number of aromatic carboxylic acids is 1. The first-order valence-electron chi connectivity index (χ1n) is 5.78. The predicted octanol–water partition coefficient (Wildman–Crippen LogP) is 2.01. The van der Waals surface area contributed by atoms with Crippen molar-refractivity contribution < 1.29 is 18.3 Å². The van der Waals surface area contributed by atoms with Crippen molar-refractivity contribution >= 4 is 27.6 Å². The molecule has 1 aromatic carbocycles. The first-order chi connectivity index (χ1) is 9.38. The molecule has 0 heterocycles. The highest BCUT2D eigenvalue weighted by Crippen LogP contribution is 2.20. The van der Waals surface area contributed by atoms with E-state index >= 15 is 0 Å². The predicted molar refractivity (Wildman–Crippen MR) is 73.1 cm³/mol. The molecule has 0 saturated carbocycles. The summed E-state index contributed by atoms with van der Waals surface area (Å²) in [7, 11) is -3.78. The molecule has 20 heavy (non-hydrogen) atoms. The lowest BCUT2D eigenvalue weighted by molar-refractivity contribution is 0.0697. The Morgan fingerprint density at radius 3 is 2.70 bits per heavy atom. The number of carbonyl (C=O) groups is 1. The third-order valence-electron chi connectivity index (χ3n) is 2.49. The molecule has 0 bridgehead atoms. The maximum absolute atomic E-state index is 11.9. The maximum Gasteiger partial charge on any atom is 0.337 e. The van der Waals surface area contributed by atoms with E-state index < -0.39 is 16.0 Å². The maximum atomic E-state index is 11.9. The van der Waals surface area contributed by atoms with E-state index in [0.717, 1.165) is 6.07 Å². The lowest BCUT2D eigenvalue weighted by Crippen LogP contribution is -2.25. The Hall–Kier alpha value is -1.62. The molecule has 0 unspecified atom stereocenters. The van der Waals surface area contributed by atoms with E-state index in [0.29, 0.717) is 19.3 Å².